The first-order valence-electron chi connectivity index (χ1n) is 6.60. The zero-order valence-corrected chi connectivity index (χ0v) is 12.7. The van der Waals surface area contributed by atoms with E-state index in [0.29, 0.717) is 5.17 Å². The second kappa shape index (κ2) is 5.02. The van der Waals surface area contributed by atoms with Crippen molar-refractivity contribution in [2.24, 2.45) is 10.9 Å². The van der Waals surface area contributed by atoms with Gasteiger partial charge in [0.05, 0.1) is 14.0 Å². The number of amidine groups is 1. The van der Waals surface area contributed by atoms with Crippen molar-refractivity contribution in [2.75, 3.05) is 7.05 Å². The average Bonchev–Trinajstić information content (AvgIpc) is 2.85. The highest BCUT2D eigenvalue weighted by atomic mass is 32.2. The number of carbonyl (C=O) groups is 1. The Labute approximate surface area is 127 Å². The second-order valence-electron chi connectivity index (χ2n) is 5.12. The number of hydrogen-bond donors (Lipinski definition) is 1. The minimum absolute atomic E-state index is 0.0105. The van der Waals surface area contributed by atoms with Crippen molar-refractivity contribution in [3.63, 3.8) is 0 Å². The molecule has 0 fully saturated rings. The number of fused-ring (bicyclic) bond motifs is 1. The molecule has 1 heterocycles. The maximum Gasteiger partial charge on any atom is 0.322 e. The summed E-state index contributed by atoms with van der Waals surface area (Å²) in [6.07, 6.45) is 0. The summed E-state index contributed by atoms with van der Waals surface area (Å²) >= 11 is 1.40. The van der Waals surface area contributed by atoms with Gasteiger partial charge in [-0.1, -0.05) is 30.3 Å². The Morgan fingerprint density at radius 2 is 1.90 bits per heavy atom. The van der Waals surface area contributed by atoms with Gasteiger partial charge in [0.15, 0.2) is 5.70 Å². The van der Waals surface area contributed by atoms with E-state index in [0.717, 1.165) is 16.6 Å². The van der Waals surface area contributed by atoms with Crippen molar-refractivity contribution >= 4 is 39.3 Å². The Balaban J connectivity index is 2.15. The normalized spacial score (nSPS) is 23.5. The number of carbonyl (C=O) groups excluding carboxylic acids is 1. The first-order valence-corrected chi connectivity index (χ1v) is 7.48. The number of rotatable bonds is 1. The van der Waals surface area contributed by atoms with Crippen LogP contribution in [0.2, 0.25) is 0 Å². The molecule has 4 nitrogen and oxygen atoms in total. The van der Waals surface area contributed by atoms with Crippen molar-refractivity contribution in [1.82, 2.24) is 0 Å². The van der Waals surface area contributed by atoms with Crippen molar-refractivity contribution < 1.29 is 9.28 Å². The highest BCUT2D eigenvalue weighted by molar-refractivity contribution is 8.16. The minimum atomic E-state index is -0.0105. The van der Waals surface area contributed by atoms with Crippen LogP contribution in [0.3, 0.4) is 0 Å². The maximum atomic E-state index is 12.2. The van der Waals surface area contributed by atoms with E-state index >= 15 is 0 Å². The number of thioether (sulfide) groups is 1. The summed E-state index contributed by atoms with van der Waals surface area (Å²) in [7, 11) is 1.83. The summed E-state index contributed by atoms with van der Waals surface area (Å²) in [4.78, 5) is 12.2. The fraction of sp³-hybridized carbons (Fsp3) is 0.125. The third-order valence-electron chi connectivity index (χ3n) is 3.93. The van der Waals surface area contributed by atoms with Gasteiger partial charge in [-0.05, 0) is 34.7 Å². The molecular formula is C16H16N3OS+. The molecule has 3 rings (SSSR count). The SMILES string of the molecule is CC(=O)[N+]1(C)C(c2ccc3ccccc3c2)=CSC1=NN. The van der Waals surface area contributed by atoms with Crippen LogP contribution in [0, 0.1) is 0 Å². The zero-order chi connectivity index (χ0) is 15.0. The monoisotopic (exact) mass is 298 g/mol. The predicted octanol–water partition coefficient (Wildman–Crippen LogP) is 3.11. The third-order valence-corrected chi connectivity index (χ3v) is 4.95. The lowest BCUT2D eigenvalue weighted by Crippen LogP contribution is -2.47. The van der Waals surface area contributed by atoms with Gasteiger partial charge in [-0.2, -0.15) is 4.48 Å². The van der Waals surface area contributed by atoms with Gasteiger partial charge >= 0.3 is 5.91 Å². The molecule has 0 aromatic heterocycles. The van der Waals surface area contributed by atoms with Gasteiger partial charge in [0.25, 0.3) is 5.17 Å². The molecule has 106 valence electrons. The van der Waals surface area contributed by atoms with Crippen LogP contribution in [0.4, 0.5) is 0 Å². The summed E-state index contributed by atoms with van der Waals surface area (Å²) in [5.74, 6) is 5.43. The van der Waals surface area contributed by atoms with Gasteiger partial charge in [0, 0.05) is 11.0 Å². The number of benzene rings is 2. The minimum Gasteiger partial charge on any atom is -0.317 e. The predicted molar refractivity (Wildman–Crippen MR) is 88.0 cm³/mol. The molecular weight excluding hydrogens is 282 g/mol. The molecule has 0 saturated heterocycles. The molecule has 2 aromatic carbocycles. The smallest absolute Gasteiger partial charge is 0.317 e. The number of nitrogens with two attached hydrogens (primary N) is 1. The Kier molecular flexibility index (Phi) is 3.31. The first kappa shape index (κ1) is 13.9. The molecule has 1 amide bonds. The number of amides is 1. The Morgan fingerprint density at radius 3 is 2.57 bits per heavy atom. The molecule has 1 unspecified atom stereocenters. The number of nitrogens with zero attached hydrogens (tertiary/aromatic N) is 2. The van der Waals surface area contributed by atoms with E-state index in [-0.39, 0.29) is 10.4 Å². The summed E-state index contributed by atoms with van der Waals surface area (Å²) in [6, 6.07) is 14.4. The Morgan fingerprint density at radius 1 is 1.19 bits per heavy atom. The van der Waals surface area contributed by atoms with Crippen molar-refractivity contribution in [3.05, 3.63) is 53.4 Å². The molecule has 0 spiro atoms. The van der Waals surface area contributed by atoms with Crippen LogP contribution in [-0.2, 0) is 4.79 Å². The third kappa shape index (κ3) is 2.05. The van der Waals surface area contributed by atoms with E-state index < -0.39 is 0 Å². The molecule has 1 aliphatic rings. The fourth-order valence-corrected chi connectivity index (χ4v) is 3.61. The summed E-state index contributed by atoms with van der Waals surface area (Å²) in [6.45, 7) is 1.56. The molecule has 0 radical (unpaired) electrons. The fourth-order valence-electron chi connectivity index (χ4n) is 2.55. The number of hydrogen-bond acceptors (Lipinski definition) is 4. The lowest BCUT2D eigenvalue weighted by atomic mass is 10.0. The van der Waals surface area contributed by atoms with Gasteiger partial charge < -0.3 is 5.84 Å². The number of hydrazone groups is 1. The van der Waals surface area contributed by atoms with Crippen LogP contribution in [-0.4, -0.2) is 22.6 Å². The van der Waals surface area contributed by atoms with Gasteiger partial charge in [0.2, 0.25) is 0 Å². The van der Waals surface area contributed by atoms with Gasteiger partial charge in [-0.15, -0.1) is 5.10 Å². The van der Waals surface area contributed by atoms with Crippen molar-refractivity contribution in [1.29, 1.82) is 0 Å². The standard InChI is InChI=1S/C16H16N3OS/c1-11(20)19(2)15(10-21-16(19)18-17)14-8-7-12-5-3-4-6-13(12)9-14/h3-10H,17H2,1-2H3/q+1. The molecule has 1 atom stereocenters. The maximum absolute atomic E-state index is 12.2. The summed E-state index contributed by atoms with van der Waals surface area (Å²) in [5, 5.41) is 8.65. The van der Waals surface area contributed by atoms with Crippen molar-refractivity contribution in [2.45, 2.75) is 6.92 Å². The van der Waals surface area contributed by atoms with E-state index in [1.807, 2.05) is 30.7 Å². The van der Waals surface area contributed by atoms with E-state index in [2.05, 4.69) is 29.4 Å². The van der Waals surface area contributed by atoms with Gasteiger partial charge in [-0.3, -0.25) is 0 Å². The average molecular weight is 298 g/mol. The van der Waals surface area contributed by atoms with E-state index in [9.17, 15) is 4.79 Å². The zero-order valence-electron chi connectivity index (χ0n) is 11.9. The first-order chi connectivity index (χ1) is 10.1. The van der Waals surface area contributed by atoms with Gasteiger partial charge in [0.1, 0.15) is 0 Å². The lowest BCUT2D eigenvalue weighted by Gasteiger charge is -2.26. The van der Waals surface area contributed by atoms with E-state index in [1.165, 1.54) is 17.1 Å². The molecule has 2 N–H and O–H groups in total. The molecule has 2 aromatic rings. The molecule has 0 saturated carbocycles. The highest BCUT2D eigenvalue weighted by Crippen LogP contribution is 2.39. The Bertz CT molecular complexity index is 797. The molecule has 0 aliphatic carbocycles. The molecule has 1 aliphatic heterocycles. The van der Waals surface area contributed by atoms with Crippen LogP contribution < -0.4 is 5.84 Å². The number of quaternary nitrogens is 1. The van der Waals surface area contributed by atoms with Crippen LogP contribution in [0.15, 0.2) is 53.0 Å². The van der Waals surface area contributed by atoms with E-state index in [4.69, 9.17) is 5.84 Å². The second-order valence-corrected chi connectivity index (χ2v) is 5.96. The lowest BCUT2D eigenvalue weighted by molar-refractivity contribution is -0.654. The highest BCUT2D eigenvalue weighted by Gasteiger charge is 2.45. The van der Waals surface area contributed by atoms with Crippen LogP contribution in [0.25, 0.3) is 16.5 Å². The van der Waals surface area contributed by atoms with Crippen molar-refractivity contribution in [3.8, 4) is 0 Å². The quantitative estimate of drug-likeness (QED) is 0.500. The topological polar surface area (TPSA) is 55.5 Å². The van der Waals surface area contributed by atoms with Gasteiger partial charge in [-0.25, -0.2) is 4.79 Å². The van der Waals surface area contributed by atoms with Crippen LogP contribution in [0.1, 0.15) is 12.5 Å². The molecule has 5 heteroatoms. The summed E-state index contributed by atoms with van der Waals surface area (Å²) in [5.41, 5.74) is 1.92. The molecule has 21 heavy (non-hydrogen) atoms. The van der Waals surface area contributed by atoms with E-state index in [1.54, 1.807) is 6.92 Å². The largest absolute Gasteiger partial charge is 0.322 e. The van der Waals surface area contributed by atoms with Crippen LogP contribution >= 0.6 is 11.8 Å². The van der Waals surface area contributed by atoms with Crippen LogP contribution in [0.5, 0.6) is 0 Å². The summed E-state index contributed by atoms with van der Waals surface area (Å²) < 4.78 is 0.0134. The molecule has 0 bridgehead atoms. The Hall–Kier alpha value is -2.11.